The number of nitrogens with zero attached hydrogens (tertiary/aromatic N) is 1. The summed E-state index contributed by atoms with van der Waals surface area (Å²) >= 11 is 5.51. The van der Waals surface area contributed by atoms with Crippen molar-refractivity contribution >= 4 is 17.3 Å². The summed E-state index contributed by atoms with van der Waals surface area (Å²) in [5.74, 6) is 2.45. The van der Waals surface area contributed by atoms with E-state index in [1.807, 2.05) is 32.0 Å². The van der Waals surface area contributed by atoms with Crippen molar-refractivity contribution in [3.63, 3.8) is 0 Å². The van der Waals surface area contributed by atoms with Crippen LogP contribution < -0.4 is 4.90 Å². The number of aliphatic hydroxyl groups excluding tert-OH is 2. The largest absolute Gasteiger partial charge is 0.373 e. The van der Waals surface area contributed by atoms with Gasteiger partial charge < -0.3 is 15.1 Å². The van der Waals surface area contributed by atoms with Gasteiger partial charge in [-0.15, -0.1) is 6.42 Å². The van der Waals surface area contributed by atoms with Crippen LogP contribution in [0.2, 0.25) is 0 Å². The summed E-state index contributed by atoms with van der Waals surface area (Å²) in [4.78, 5) is 1.52. The molecule has 0 aliphatic heterocycles. The van der Waals surface area contributed by atoms with Crippen molar-refractivity contribution in [2.45, 2.75) is 25.6 Å². The van der Waals surface area contributed by atoms with Gasteiger partial charge in [-0.3, -0.25) is 0 Å². The second-order valence-electron chi connectivity index (χ2n) is 3.86. The Morgan fingerprint density at radius 3 is 2.29 bits per heavy atom. The van der Waals surface area contributed by atoms with E-state index < -0.39 is 11.8 Å². The van der Waals surface area contributed by atoms with Gasteiger partial charge in [0, 0.05) is 5.69 Å². The van der Waals surface area contributed by atoms with Crippen molar-refractivity contribution in [1.82, 2.24) is 0 Å². The number of hydrogen-bond acceptors (Lipinski definition) is 3. The van der Waals surface area contributed by atoms with Crippen LogP contribution in [0, 0.1) is 26.2 Å². The van der Waals surface area contributed by atoms with Crippen LogP contribution in [0.5, 0.6) is 0 Å². The molecule has 17 heavy (non-hydrogen) atoms. The van der Waals surface area contributed by atoms with Gasteiger partial charge in [-0.05, 0) is 25.0 Å². The zero-order chi connectivity index (χ0) is 13.0. The minimum Gasteiger partial charge on any atom is -0.373 e. The van der Waals surface area contributed by atoms with Crippen LogP contribution in [0.3, 0.4) is 0 Å². The average Bonchev–Trinajstić information content (AvgIpc) is 2.26. The molecule has 0 aliphatic carbocycles. The maximum Gasteiger partial charge on any atom is 0.172 e. The number of hydrogen-bond donors (Lipinski definition) is 2. The average molecular weight is 254 g/mol. The fourth-order valence-electron chi connectivity index (χ4n) is 1.81. The minimum absolute atomic E-state index is 0.177. The molecule has 92 valence electrons. The van der Waals surface area contributed by atoms with Crippen LogP contribution >= 0.6 is 11.6 Å². The number of benzene rings is 1. The molecule has 0 radical (unpaired) electrons. The minimum atomic E-state index is -1.39. The third-order valence-electron chi connectivity index (χ3n) is 2.55. The summed E-state index contributed by atoms with van der Waals surface area (Å²) < 4.78 is 0. The molecule has 0 bridgehead atoms. The summed E-state index contributed by atoms with van der Waals surface area (Å²) in [5, 5.41) is 19.1. The zero-order valence-electron chi connectivity index (χ0n) is 9.89. The highest BCUT2D eigenvalue weighted by atomic mass is 35.5. The first-order valence-corrected chi connectivity index (χ1v) is 5.69. The quantitative estimate of drug-likeness (QED) is 0.487. The van der Waals surface area contributed by atoms with E-state index in [2.05, 4.69) is 5.92 Å². The van der Waals surface area contributed by atoms with Crippen LogP contribution in [0.4, 0.5) is 5.69 Å². The van der Waals surface area contributed by atoms with E-state index in [1.165, 1.54) is 4.90 Å². The molecule has 4 heteroatoms. The third kappa shape index (κ3) is 3.13. The van der Waals surface area contributed by atoms with Gasteiger partial charge in [0.1, 0.15) is 0 Å². The number of anilines is 1. The van der Waals surface area contributed by atoms with Crippen molar-refractivity contribution in [3.05, 3.63) is 29.3 Å². The van der Waals surface area contributed by atoms with Crippen LogP contribution in [-0.2, 0) is 0 Å². The van der Waals surface area contributed by atoms with Crippen LogP contribution in [0.15, 0.2) is 18.2 Å². The monoisotopic (exact) mass is 253 g/mol. The van der Waals surface area contributed by atoms with Crippen LogP contribution in [0.25, 0.3) is 0 Å². The molecule has 0 spiro atoms. The lowest BCUT2D eigenvalue weighted by atomic mass is 10.1. The lowest BCUT2D eigenvalue weighted by Crippen LogP contribution is -2.42. The lowest BCUT2D eigenvalue weighted by Gasteiger charge is -2.31. The molecule has 2 atom stereocenters. The molecular weight excluding hydrogens is 238 g/mol. The Morgan fingerprint density at radius 2 is 1.88 bits per heavy atom. The van der Waals surface area contributed by atoms with Crippen molar-refractivity contribution in [1.29, 1.82) is 0 Å². The van der Waals surface area contributed by atoms with Crippen molar-refractivity contribution < 1.29 is 10.2 Å². The second kappa shape index (κ2) is 5.92. The molecule has 0 heterocycles. The molecule has 1 aromatic carbocycles. The Kier molecular flexibility index (Phi) is 4.83. The van der Waals surface area contributed by atoms with Gasteiger partial charge >= 0.3 is 0 Å². The van der Waals surface area contributed by atoms with E-state index in [-0.39, 0.29) is 6.54 Å². The molecule has 0 saturated carbocycles. The number of aryl methyl sites for hydroxylation is 2. The maximum absolute atomic E-state index is 9.87. The highest BCUT2D eigenvalue weighted by Gasteiger charge is 2.23. The van der Waals surface area contributed by atoms with Crippen molar-refractivity contribution in [2.75, 3.05) is 11.4 Å². The second-order valence-corrected chi connectivity index (χ2v) is 4.31. The summed E-state index contributed by atoms with van der Waals surface area (Å²) in [6.07, 6.45) is 4.05. The Balaban J connectivity index is 3.19. The summed E-state index contributed by atoms with van der Waals surface area (Å²) in [5.41, 5.74) is 1.35. The van der Waals surface area contributed by atoms with Gasteiger partial charge in [-0.25, -0.2) is 0 Å². The molecule has 2 N–H and O–H groups in total. The predicted octanol–water partition coefficient (Wildman–Crippen LogP) is 1.62. The molecule has 1 aromatic rings. The number of aliphatic hydroxyl groups is 2. The van der Waals surface area contributed by atoms with Gasteiger partial charge in [0.25, 0.3) is 0 Å². The van der Waals surface area contributed by atoms with Crippen LogP contribution in [0.1, 0.15) is 11.1 Å². The normalized spacial score (nSPS) is 13.9. The number of halogens is 1. The molecule has 3 nitrogen and oxygen atoms in total. The molecule has 0 saturated heterocycles. The van der Waals surface area contributed by atoms with Gasteiger partial charge in [0.2, 0.25) is 0 Å². The Morgan fingerprint density at radius 1 is 1.35 bits per heavy atom. The third-order valence-corrected chi connectivity index (χ3v) is 2.78. The Labute approximate surface area is 107 Å². The van der Waals surface area contributed by atoms with Crippen LogP contribution in [-0.4, -0.2) is 28.5 Å². The standard InChI is InChI=1S/C13H16ClNO2/c1-4-8-15(13(17)12(14)16)11-9(2)6-5-7-10(11)3/h1,5-7,12-13,16-17H,8H2,2-3H3. The van der Waals surface area contributed by atoms with Crippen molar-refractivity contribution in [2.24, 2.45) is 0 Å². The number of alkyl halides is 1. The first-order valence-electron chi connectivity index (χ1n) is 5.25. The van der Waals surface area contributed by atoms with E-state index in [0.29, 0.717) is 0 Å². The molecule has 1 rings (SSSR count). The molecule has 2 unspecified atom stereocenters. The molecule has 0 aromatic heterocycles. The summed E-state index contributed by atoms with van der Waals surface area (Å²) in [6.45, 7) is 4.01. The highest BCUT2D eigenvalue weighted by molar-refractivity contribution is 6.20. The van der Waals surface area contributed by atoms with Gasteiger partial charge in [-0.2, -0.15) is 0 Å². The van der Waals surface area contributed by atoms with Gasteiger partial charge in [0.05, 0.1) is 6.54 Å². The Bertz CT molecular complexity index is 406. The van der Waals surface area contributed by atoms with E-state index in [0.717, 1.165) is 16.8 Å². The van der Waals surface area contributed by atoms with Gasteiger partial charge in [-0.1, -0.05) is 35.7 Å². The highest BCUT2D eigenvalue weighted by Crippen LogP contribution is 2.26. The van der Waals surface area contributed by atoms with E-state index in [9.17, 15) is 10.2 Å². The zero-order valence-corrected chi connectivity index (χ0v) is 10.6. The fraction of sp³-hybridized carbons (Fsp3) is 0.385. The fourth-order valence-corrected chi connectivity index (χ4v) is 1.95. The molecule has 0 amide bonds. The number of rotatable bonds is 4. The number of para-hydroxylation sites is 1. The smallest absolute Gasteiger partial charge is 0.172 e. The van der Waals surface area contributed by atoms with Gasteiger partial charge in [0.15, 0.2) is 11.8 Å². The topological polar surface area (TPSA) is 43.7 Å². The molecular formula is C13H16ClNO2. The SMILES string of the molecule is C#CCN(c1c(C)cccc1C)C(O)C(O)Cl. The molecule has 0 aliphatic rings. The van der Waals surface area contributed by atoms with E-state index in [4.69, 9.17) is 18.0 Å². The summed E-state index contributed by atoms with van der Waals surface area (Å²) in [7, 11) is 0. The van der Waals surface area contributed by atoms with E-state index >= 15 is 0 Å². The van der Waals surface area contributed by atoms with E-state index in [1.54, 1.807) is 0 Å². The van der Waals surface area contributed by atoms with Crippen molar-refractivity contribution in [3.8, 4) is 12.3 Å². The first-order chi connectivity index (χ1) is 7.99. The Hall–Kier alpha value is -1.21. The molecule has 0 fully saturated rings. The number of terminal acetylenes is 1. The first kappa shape index (κ1) is 13.9. The maximum atomic E-state index is 9.87. The predicted molar refractivity (Wildman–Crippen MR) is 70.0 cm³/mol. The lowest BCUT2D eigenvalue weighted by molar-refractivity contribution is 0.0678. The summed E-state index contributed by atoms with van der Waals surface area (Å²) in [6, 6.07) is 5.75.